The summed E-state index contributed by atoms with van der Waals surface area (Å²) in [5.74, 6) is 0.372. The molecule has 94 valence electrons. The van der Waals surface area contributed by atoms with E-state index in [1.165, 1.54) is 13.3 Å². The Bertz CT molecular complexity index is 778. The first-order chi connectivity index (χ1) is 9.16. The maximum atomic E-state index is 11.4. The highest BCUT2D eigenvalue weighted by atomic mass is 16.1. The van der Waals surface area contributed by atoms with Crippen LogP contribution in [-0.4, -0.2) is 25.9 Å². The maximum Gasteiger partial charge on any atom is 0.186 e. The number of hydrogen-bond donors (Lipinski definition) is 2. The molecule has 6 heteroatoms. The number of benzene rings is 1. The lowest BCUT2D eigenvalue weighted by Gasteiger charge is -2.02. The van der Waals surface area contributed by atoms with Crippen molar-refractivity contribution in [1.82, 2.24) is 20.2 Å². The van der Waals surface area contributed by atoms with E-state index in [1.807, 2.05) is 12.1 Å². The molecule has 0 spiro atoms. The molecular formula is C13H11N5O. The van der Waals surface area contributed by atoms with Crippen molar-refractivity contribution >= 4 is 22.6 Å². The molecule has 0 saturated heterocycles. The summed E-state index contributed by atoms with van der Waals surface area (Å²) >= 11 is 0. The third-order valence-electron chi connectivity index (χ3n) is 2.94. The Labute approximate surface area is 108 Å². The van der Waals surface area contributed by atoms with Crippen LogP contribution < -0.4 is 5.73 Å². The standard InChI is InChI=1S/C13H11N5O/c1-7(19)8-3-2-4-9(5-8)11-10-12(14)15-6-16-13(10)18-17-11/h2-6H,1H3,(H3,14,15,16,17,18). The van der Waals surface area contributed by atoms with Gasteiger partial charge >= 0.3 is 0 Å². The number of nitrogens with two attached hydrogens (primary N) is 1. The highest BCUT2D eigenvalue weighted by Crippen LogP contribution is 2.28. The lowest BCUT2D eigenvalue weighted by atomic mass is 10.0. The number of H-pyrrole nitrogens is 1. The number of hydrogen-bond acceptors (Lipinski definition) is 5. The number of carbonyl (C=O) groups is 1. The number of nitrogens with zero attached hydrogens (tertiary/aromatic N) is 3. The number of aromatic nitrogens is 4. The number of nitrogen functional groups attached to an aromatic ring is 1. The van der Waals surface area contributed by atoms with Crippen LogP contribution in [0.5, 0.6) is 0 Å². The molecule has 0 atom stereocenters. The van der Waals surface area contributed by atoms with Crippen molar-refractivity contribution in [3.63, 3.8) is 0 Å². The summed E-state index contributed by atoms with van der Waals surface area (Å²) in [7, 11) is 0. The van der Waals surface area contributed by atoms with Gasteiger partial charge in [0, 0.05) is 11.1 Å². The fourth-order valence-electron chi connectivity index (χ4n) is 1.98. The number of rotatable bonds is 2. The van der Waals surface area contributed by atoms with Gasteiger partial charge in [-0.3, -0.25) is 9.89 Å². The molecule has 19 heavy (non-hydrogen) atoms. The van der Waals surface area contributed by atoms with Gasteiger partial charge in [-0.2, -0.15) is 5.10 Å². The highest BCUT2D eigenvalue weighted by molar-refractivity contribution is 6.00. The Morgan fingerprint density at radius 2 is 2.16 bits per heavy atom. The third-order valence-corrected chi connectivity index (χ3v) is 2.94. The molecule has 0 aliphatic heterocycles. The average molecular weight is 253 g/mol. The minimum atomic E-state index is 0.00916. The average Bonchev–Trinajstić information content (AvgIpc) is 2.84. The van der Waals surface area contributed by atoms with E-state index in [-0.39, 0.29) is 5.78 Å². The number of ketones is 1. The summed E-state index contributed by atoms with van der Waals surface area (Å²) in [6.45, 7) is 1.53. The Kier molecular flexibility index (Phi) is 2.49. The van der Waals surface area contributed by atoms with Gasteiger partial charge in [0.15, 0.2) is 11.4 Å². The number of carbonyl (C=O) groups excluding carboxylic acids is 1. The second kappa shape index (κ2) is 4.16. The minimum Gasteiger partial charge on any atom is -0.383 e. The van der Waals surface area contributed by atoms with Crippen molar-refractivity contribution < 1.29 is 4.79 Å². The first-order valence-corrected chi connectivity index (χ1v) is 5.72. The second-order valence-corrected chi connectivity index (χ2v) is 4.19. The summed E-state index contributed by atoms with van der Waals surface area (Å²) < 4.78 is 0. The van der Waals surface area contributed by atoms with Crippen molar-refractivity contribution in [1.29, 1.82) is 0 Å². The van der Waals surface area contributed by atoms with E-state index in [4.69, 9.17) is 5.73 Å². The van der Waals surface area contributed by atoms with Gasteiger partial charge in [-0.05, 0) is 13.0 Å². The van der Waals surface area contributed by atoms with Crippen LogP contribution in [0.25, 0.3) is 22.3 Å². The summed E-state index contributed by atoms with van der Waals surface area (Å²) in [6, 6.07) is 7.26. The first-order valence-electron chi connectivity index (χ1n) is 5.72. The van der Waals surface area contributed by atoms with Crippen molar-refractivity contribution in [2.24, 2.45) is 0 Å². The van der Waals surface area contributed by atoms with E-state index in [0.717, 1.165) is 11.3 Å². The highest BCUT2D eigenvalue weighted by Gasteiger charge is 2.13. The molecule has 2 heterocycles. The van der Waals surface area contributed by atoms with Crippen LogP contribution in [0.15, 0.2) is 30.6 Å². The van der Waals surface area contributed by atoms with Crippen molar-refractivity contribution in [3.05, 3.63) is 36.2 Å². The summed E-state index contributed by atoms with van der Waals surface area (Å²) in [4.78, 5) is 19.4. The SMILES string of the molecule is CC(=O)c1cccc(-c2[nH]nc3ncnc(N)c23)c1. The molecule has 3 aromatic rings. The zero-order valence-electron chi connectivity index (χ0n) is 10.2. The van der Waals surface area contributed by atoms with E-state index in [2.05, 4.69) is 20.2 Å². The van der Waals surface area contributed by atoms with E-state index in [9.17, 15) is 4.79 Å². The van der Waals surface area contributed by atoms with Gasteiger partial charge in [0.2, 0.25) is 0 Å². The predicted molar refractivity (Wildman–Crippen MR) is 71.5 cm³/mol. The van der Waals surface area contributed by atoms with Crippen LogP contribution in [0.1, 0.15) is 17.3 Å². The van der Waals surface area contributed by atoms with Crippen LogP contribution in [-0.2, 0) is 0 Å². The molecule has 0 saturated carbocycles. The Balaban J connectivity index is 2.25. The van der Waals surface area contributed by atoms with Crippen molar-refractivity contribution in [2.45, 2.75) is 6.92 Å². The van der Waals surface area contributed by atoms with Crippen molar-refractivity contribution in [2.75, 3.05) is 5.73 Å². The third kappa shape index (κ3) is 1.83. The topological polar surface area (TPSA) is 97.5 Å². The summed E-state index contributed by atoms with van der Waals surface area (Å²) in [5, 5.41) is 7.65. The van der Waals surface area contributed by atoms with E-state index in [1.54, 1.807) is 12.1 Å². The predicted octanol–water partition coefficient (Wildman–Crippen LogP) is 1.80. The summed E-state index contributed by atoms with van der Waals surface area (Å²) in [5.41, 5.74) is 8.55. The first kappa shape index (κ1) is 11.3. The monoisotopic (exact) mass is 253 g/mol. The van der Waals surface area contributed by atoms with Crippen LogP contribution in [0.3, 0.4) is 0 Å². The van der Waals surface area contributed by atoms with Crippen LogP contribution in [0, 0.1) is 0 Å². The van der Waals surface area contributed by atoms with Gasteiger partial charge in [-0.25, -0.2) is 9.97 Å². The van der Waals surface area contributed by atoms with Gasteiger partial charge in [0.05, 0.1) is 11.1 Å². The Morgan fingerprint density at radius 1 is 1.32 bits per heavy atom. The number of nitrogens with one attached hydrogen (secondary N) is 1. The molecule has 3 rings (SSSR count). The lowest BCUT2D eigenvalue weighted by Crippen LogP contribution is -1.94. The van der Waals surface area contributed by atoms with Crippen LogP contribution in [0.4, 0.5) is 5.82 Å². The van der Waals surface area contributed by atoms with Crippen molar-refractivity contribution in [3.8, 4) is 11.3 Å². The molecule has 2 aromatic heterocycles. The van der Waals surface area contributed by atoms with Gasteiger partial charge in [-0.1, -0.05) is 18.2 Å². The molecule has 0 amide bonds. The van der Waals surface area contributed by atoms with Gasteiger partial charge < -0.3 is 5.73 Å². The van der Waals surface area contributed by atoms with E-state index in [0.29, 0.717) is 22.4 Å². The molecule has 0 bridgehead atoms. The molecule has 0 radical (unpaired) electrons. The van der Waals surface area contributed by atoms with Crippen LogP contribution in [0.2, 0.25) is 0 Å². The number of anilines is 1. The Morgan fingerprint density at radius 3 is 2.95 bits per heavy atom. The molecule has 0 unspecified atom stereocenters. The molecule has 1 aromatic carbocycles. The quantitative estimate of drug-likeness (QED) is 0.679. The maximum absolute atomic E-state index is 11.4. The van der Waals surface area contributed by atoms with E-state index >= 15 is 0 Å². The largest absolute Gasteiger partial charge is 0.383 e. The normalized spacial score (nSPS) is 10.8. The van der Waals surface area contributed by atoms with Gasteiger partial charge in [0.25, 0.3) is 0 Å². The van der Waals surface area contributed by atoms with Gasteiger partial charge in [-0.15, -0.1) is 0 Å². The zero-order chi connectivity index (χ0) is 13.4. The summed E-state index contributed by atoms with van der Waals surface area (Å²) in [6.07, 6.45) is 1.37. The molecule has 6 nitrogen and oxygen atoms in total. The number of fused-ring (bicyclic) bond motifs is 1. The molecule has 3 N–H and O–H groups in total. The number of Topliss-reactive ketones (excluding diaryl/α,β-unsaturated/α-hetero) is 1. The fraction of sp³-hybridized carbons (Fsp3) is 0.0769. The Hall–Kier alpha value is -2.76. The molecule has 0 aliphatic rings. The number of aromatic amines is 1. The smallest absolute Gasteiger partial charge is 0.186 e. The van der Waals surface area contributed by atoms with E-state index < -0.39 is 0 Å². The minimum absolute atomic E-state index is 0.00916. The molecular weight excluding hydrogens is 242 g/mol. The fourth-order valence-corrected chi connectivity index (χ4v) is 1.98. The zero-order valence-corrected chi connectivity index (χ0v) is 10.2. The molecule has 0 aliphatic carbocycles. The van der Waals surface area contributed by atoms with Gasteiger partial charge in [0.1, 0.15) is 12.1 Å². The second-order valence-electron chi connectivity index (χ2n) is 4.19. The van der Waals surface area contributed by atoms with Crippen LogP contribution >= 0.6 is 0 Å². The lowest BCUT2D eigenvalue weighted by molar-refractivity contribution is 0.101. The molecule has 0 fully saturated rings.